The molecule has 0 saturated carbocycles. The fraction of sp³-hybridized carbons (Fsp3) is 0.500. The van der Waals surface area contributed by atoms with Gasteiger partial charge in [-0.3, -0.25) is 9.78 Å². The number of nitrogens with zero attached hydrogens (tertiary/aromatic N) is 2. The van der Waals surface area contributed by atoms with Crippen LogP contribution >= 0.6 is 0 Å². The first-order valence-corrected chi connectivity index (χ1v) is 8.82. The van der Waals surface area contributed by atoms with Crippen molar-refractivity contribution in [3.63, 3.8) is 0 Å². The maximum absolute atomic E-state index is 12.6. The van der Waals surface area contributed by atoms with Gasteiger partial charge >= 0.3 is 0 Å². The van der Waals surface area contributed by atoms with E-state index < -0.39 is 0 Å². The first-order chi connectivity index (χ1) is 11.5. The largest absolute Gasteiger partial charge is 0.352 e. The Morgan fingerprint density at radius 3 is 2.88 bits per heavy atom. The summed E-state index contributed by atoms with van der Waals surface area (Å²) in [5.74, 6) is 0.102. The number of hydrogen-bond acceptors (Lipinski definition) is 3. The number of piperidine rings is 1. The molecule has 24 heavy (non-hydrogen) atoms. The Labute approximate surface area is 144 Å². The first kappa shape index (κ1) is 16.9. The fourth-order valence-electron chi connectivity index (χ4n) is 3.75. The number of aromatic nitrogens is 1. The predicted octanol–water partition coefficient (Wildman–Crippen LogP) is 2.99. The van der Waals surface area contributed by atoms with E-state index in [4.69, 9.17) is 0 Å². The van der Waals surface area contributed by atoms with Crippen LogP contribution in [0.15, 0.2) is 24.3 Å². The number of rotatable bonds is 3. The molecular weight excluding hydrogens is 298 g/mol. The highest BCUT2D eigenvalue weighted by Crippen LogP contribution is 2.23. The third-order valence-electron chi connectivity index (χ3n) is 5.47. The highest BCUT2D eigenvalue weighted by molar-refractivity contribution is 5.86. The Bertz CT molecular complexity index is 756. The van der Waals surface area contributed by atoms with Gasteiger partial charge < -0.3 is 10.2 Å². The Morgan fingerprint density at radius 1 is 1.33 bits per heavy atom. The molecule has 0 bridgehead atoms. The summed E-state index contributed by atoms with van der Waals surface area (Å²) in [6.45, 7) is 7.40. The molecule has 0 aliphatic carbocycles. The Hall–Kier alpha value is -1.94. The zero-order valence-corrected chi connectivity index (χ0v) is 15.1. The molecule has 2 aromatic rings. The predicted molar refractivity (Wildman–Crippen MR) is 98.2 cm³/mol. The smallest absolute Gasteiger partial charge is 0.224 e. The van der Waals surface area contributed by atoms with Crippen molar-refractivity contribution in [1.82, 2.24) is 15.2 Å². The number of amides is 1. The van der Waals surface area contributed by atoms with E-state index in [1.165, 1.54) is 5.56 Å². The van der Waals surface area contributed by atoms with E-state index in [2.05, 4.69) is 42.2 Å². The lowest BCUT2D eigenvalue weighted by molar-refractivity contribution is -0.121. The van der Waals surface area contributed by atoms with Crippen molar-refractivity contribution in [1.29, 1.82) is 0 Å². The summed E-state index contributed by atoms with van der Waals surface area (Å²) in [4.78, 5) is 19.6. The lowest BCUT2D eigenvalue weighted by atomic mass is 9.96. The Kier molecular flexibility index (Phi) is 4.86. The molecule has 1 saturated heterocycles. The average Bonchev–Trinajstić information content (AvgIpc) is 2.56. The second-order valence-corrected chi connectivity index (χ2v) is 7.03. The molecule has 2 atom stereocenters. The second kappa shape index (κ2) is 6.89. The number of pyridine rings is 1. The SMILES string of the molecule is Cc1nc2ccccc2c(C)c1CC(=O)N[C@@H]1CCCN(C)[C@@H]1C. The van der Waals surface area contributed by atoms with Crippen molar-refractivity contribution in [3.05, 3.63) is 41.1 Å². The molecule has 1 aromatic heterocycles. The van der Waals surface area contributed by atoms with Crippen molar-refractivity contribution >= 4 is 16.8 Å². The van der Waals surface area contributed by atoms with Gasteiger partial charge in [0.1, 0.15) is 0 Å². The number of likely N-dealkylation sites (tertiary alicyclic amines) is 1. The third kappa shape index (κ3) is 3.29. The van der Waals surface area contributed by atoms with Crippen LogP contribution in [0.2, 0.25) is 0 Å². The quantitative estimate of drug-likeness (QED) is 0.943. The van der Waals surface area contributed by atoms with Gasteiger partial charge in [-0.1, -0.05) is 18.2 Å². The van der Waals surface area contributed by atoms with Crippen LogP contribution in [0.3, 0.4) is 0 Å². The molecule has 1 amide bonds. The maximum Gasteiger partial charge on any atom is 0.224 e. The zero-order chi connectivity index (χ0) is 17.3. The molecule has 1 N–H and O–H groups in total. The molecule has 4 heteroatoms. The zero-order valence-electron chi connectivity index (χ0n) is 15.1. The minimum absolute atomic E-state index is 0.102. The van der Waals surface area contributed by atoms with Crippen molar-refractivity contribution in [2.24, 2.45) is 0 Å². The highest BCUT2D eigenvalue weighted by atomic mass is 16.1. The number of likely N-dealkylation sites (N-methyl/N-ethyl adjacent to an activating group) is 1. The minimum Gasteiger partial charge on any atom is -0.352 e. The number of aryl methyl sites for hydroxylation is 2. The summed E-state index contributed by atoms with van der Waals surface area (Å²) in [6, 6.07) is 8.76. The van der Waals surface area contributed by atoms with Crippen molar-refractivity contribution < 1.29 is 4.79 Å². The molecule has 128 valence electrons. The van der Waals surface area contributed by atoms with Crippen LogP contribution in [0.4, 0.5) is 0 Å². The monoisotopic (exact) mass is 325 g/mol. The van der Waals surface area contributed by atoms with E-state index in [9.17, 15) is 4.79 Å². The standard InChI is InChI=1S/C20H27N3O/c1-13-16-8-5-6-9-19(16)21-14(2)17(13)12-20(24)22-18-10-7-11-23(4)15(18)3/h5-6,8-9,15,18H,7,10-12H2,1-4H3,(H,22,24)/t15-,18-/m1/s1. The van der Waals surface area contributed by atoms with Gasteiger partial charge in [0, 0.05) is 23.2 Å². The van der Waals surface area contributed by atoms with Gasteiger partial charge in [-0.05, 0) is 64.4 Å². The molecule has 1 aliphatic rings. The van der Waals surface area contributed by atoms with Crippen LogP contribution in [-0.2, 0) is 11.2 Å². The molecule has 1 aromatic carbocycles. The summed E-state index contributed by atoms with van der Waals surface area (Å²) < 4.78 is 0. The number of fused-ring (bicyclic) bond motifs is 1. The van der Waals surface area contributed by atoms with E-state index in [1.54, 1.807) is 0 Å². The van der Waals surface area contributed by atoms with Gasteiger partial charge in [0.2, 0.25) is 5.91 Å². The van der Waals surface area contributed by atoms with Crippen LogP contribution in [0.25, 0.3) is 10.9 Å². The molecule has 2 heterocycles. The van der Waals surface area contributed by atoms with Crippen LogP contribution in [-0.4, -0.2) is 41.5 Å². The summed E-state index contributed by atoms with van der Waals surface area (Å²) in [5.41, 5.74) is 4.18. The number of carbonyl (C=O) groups excluding carboxylic acids is 1. The van der Waals surface area contributed by atoms with E-state index in [-0.39, 0.29) is 11.9 Å². The van der Waals surface area contributed by atoms with Crippen LogP contribution < -0.4 is 5.32 Å². The molecule has 3 rings (SSSR count). The minimum atomic E-state index is 0.102. The molecule has 0 unspecified atom stereocenters. The third-order valence-corrected chi connectivity index (χ3v) is 5.47. The van der Waals surface area contributed by atoms with Crippen molar-refractivity contribution in [2.75, 3.05) is 13.6 Å². The molecule has 1 aliphatic heterocycles. The van der Waals surface area contributed by atoms with Gasteiger partial charge in [0.15, 0.2) is 0 Å². The van der Waals surface area contributed by atoms with Crippen LogP contribution in [0.5, 0.6) is 0 Å². The highest BCUT2D eigenvalue weighted by Gasteiger charge is 2.26. The normalized spacial score (nSPS) is 21.8. The topological polar surface area (TPSA) is 45.2 Å². The lowest BCUT2D eigenvalue weighted by Gasteiger charge is -2.37. The second-order valence-electron chi connectivity index (χ2n) is 7.03. The van der Waals surface area contributed by atoms with Crippen LogP contribution in [0.1, 0.15) is 36.6 Å². The van der Waals surface area contributed by atoms with E-state index in [0.29, 0.717) is 12.5 Å². The molecule has 4 nitrogen and oxygen atoms in total. The van der Waals surface area contributed by atoms with Crippen molar-refractivity contribution in [3.8, 4) is 0 Å². The summed E-state index contributed by atoms with van der Waals surface area (Å²) in [7, 11) is 2.13. The fourth-order valence-corrected chi connectivity index (χ4v) is 3.75. The number of nitrogens with one attached hydrogen (secondary N) is 1. The van der Waals surface area contributed by atoms with Crippen molar-refractivity contribution in [2.45, 2.75) is 52.1 Å². The molecule has 0 spiro atoms. The Balaban J connectivity index is 1.78. The lowest BCUT2D eigenvalue weighted by Crippen LogP contribution is -2.52. The number of benzene rings is 1. The number of para-hydroxylation sites is 1. The average molecular weight is 325 g/mol. The molecule has 1 fully saturated rings. The summed E-state index contributed by atoms with van der Waals surface area (Å²) in [6.07, 6.45) is 2.61. The van der Waals surface area contributed by atoms with Gasteiger partial charge in [-0.15, -0.1) is 0 Å². The van der Waals surface area contributed by atoms with Gasteiger partial charge in [0.25, 0.3) is 0 Å². The summed E-state index contributed by atoms with van der Waals surface area (Å²) in [5, 5.41) is 4.38. The number of carbonyl (C=O) groups is 1. The summed E-state index contributed by atoms with van der Waals surface area (Å²) >= 11 is 0. The van der Waals surface area contributed by atoms with Gasteiger partial charge in [0.05, 0.1) is 11.9 Å². The first-order valence-electron chi connectivity index (χ1n) is 8.82. The van der Waals surface area contributed by atoms with E-state index >= 15 is 0 Å². The van der Waals surface area contributed by atoms with E-state index in [0.717, 1.165) is 41.5 Å². The van der Waals surface area contributed by atoms with Gasteiger partial charge in [-0.25, -0.2) is 0 Å². The number of hydrogen-bond donors (Lipinski definition) is 1. The Morgan fingerprint density at radius 2 is 2.08 bits per heavy atom. The maximum atomic E-state index is 12.6. The van der Waals surface area contributed by atoms with E-state index in [1.807, 2.05) is 25.1 Å². The molecular formula is C20H27N3O. The molecule has 0 radical (unpaired) electrons. The van der Waals surface area contributed by atoms with Gasteiger partial charge in [-0.2, -0.15) is 0 Å². The van der Waals surface area contributed by atoms with Crippen LogP contribution in [0, 0.1) is 13.8 Å².